The highest BCUT2D eigenvalue weighted by molar-refractivity contribution is 7.13. The Labute approximate surface area is 160 Å². The molecule has 2 aromatic heterocycles. The molecule has 7 heteroatoms. The Hall–Kier alpha value is -2.93. The van der Waals surface area contributed by atoms with Crippen LogP contribution < -0.4 is 5.32 Å². The van der Waals surface area contributed by atoms with Crippen LogP contribution in [0.15, 0.2) is 58.7 Å². The molecule has 27 heavy (non-hydrogen) atoms. The molecule has 2 amide bonds. The second-order valence-electron chi connectivity index (χ2n) is 6.45. The van der Waals surface area contributed by atoms with Crippen molar-refractivity contribution in [1.82, 2.24) is 9.88 Å². The monoisotopic (exact) mass is 381 g/mol. The molecule has 0 atom stereocenters. The molecule has 6 nitrogen and oxygen atoms in total. The van der Waals surface area contributed by atoms with E-state index in [4.69, 9.17) is 4.42 Å². The first-order valence-corrected chi connectivity index (χ1v) is 9.72. The van der Waals surface area contributed by atoms with E-state index in [2.05, 4.69) is 10.3 Å². The van der Waals surface area contributed by atoms with Crippen LogP contribution in [0.25, 0.3) is 10.6 Å². The Balaban J connectivity index is 1.31. The maximum atomic E-state index is 12.5. The Morgan fingerprint density at radius 2 is 1.93 bits per heavy atom. The van der Waals surface area contributed by atoms with Gasteiger partial charge in [-0.2, -0.15) is 0 Å². The summed E-state index contributed by atoms with van der Waals surface area (Å²) in [5, 5.41) is 5.88. The van der Waals surface area contributed by atoms with Gasteiger partial charge in [0, 0.05) is 41.8 Å². The van der Waals surface area contributed by atoms with Gasteiger partial charge in [-0.1, -0.05) is 0 Å². The van der Waals surface area contributed by atoms with Crippen molar-refractivity contribution in [3.63, 3.8) is 0 Å². The number of piperidine rings is 1. The van der Waals surface area contributed by atoms with Crippen molar-refractivity contribution < 1.29 is 14.0 Å². The Bertz CT molecular complexity index is 897. The Morgan fingerprint density at radius 1 is 1.15 bits per heavy atom. The topological polar surface area (TPSA) is 75.4 Å². The van der Waals surface area contributed by atoms with Gasteiger partial charge in [0.15, 0.2) is 5.76 Å². The number of amides is 2. The third kappa shape index (κ3) is 3.93. The fraction of sp³-hybridized carbons (Fsp3) is 0.250. The van der Waals surface area contributed by atoms with Gasteiger partial charge in [-0.25, -0.2) is 4.98 Å². The van der Waals surface area contributed by atoms with Crippen molar-refractivity contribution in [3.8, 4) is 10.6 Å². The summed E-state index contributed by atoms with van der Waals surface area (Å²) in [6.45, 7) is 1.11. The van der Waals surface area contributed by atoms with Gasteiger partial charge in [0.25, 0.3) is 5.91 Å². The molecule has 0 bridgehead atoms. The fourth-order valence-electron chi connectivity index (χ4n) is 3.21. The highest BCUT2D eigenvalue weighted by Crippen LogP contribution is 2.25. The standard InChI is InChI=1S/C20H19N3O3S/c24-18(22-16-5-3-15(4-6-16)19-21-9-13-27-19)14-7-10-23(11-8-14)20(25)17-2-1-12-26-17/h1-6,9,12-14H,7-8,10-11H2,(H,22,24). The molecule has 0 aliphatic carbocycles. The summed E-state index contributed by atoms with van der Waals surface area (Å²) < 4.78 is 5.16. The molecule has 4 rings (SSSR count). The minimum atomic E-state index is -0.114. The number of hydrogen-bond acceptors (Lipinski definition) is 5. The molecule has 3 heterocycles. The Kier molecular flexibility index (Phi) is 5.02. The molecule has 0 spiro atoms. The molecule has 0 unspecified atom stereocenters. The average Bonchev–Trinajstić information content (AvgIpc) is 3.42. The third-order valence-corrected chi connectivity index (χ3v) is 5.54. The average molecular weight is 381 g/mol. The molecule has 1 fully saturated rings. The summed E-state index contributed by atoms with van der Waals surface area (Å²) in [5.74, 6) is 0.140. The zero-order valence-electron chi connectivity index (χ0n) is 14.6. The molecule has 0 radical (unpaired) electrons. The van der Waals surface area contributed by atoms with Crippen LogP contribution in [-0.4, -0.2) is 34.8 Å². The van der Waals surface area contributed by atoms with E-state index < -0.39 is 0 Å². The summed E-state index contributed by atoms with van der Waals surface area (Å²) in [4.78, 5) is 30.9. The van der Waals surface area contributed by atoms with Crippen LogP contribution in [0.1, 0.15) is 23.4 Å². The highest BCUT2D eigenvalue weighted by atomic mass is 32.1. The van der Waals surface area contributed by atoms with E-state index in [0.29, 0.717) is 31.7 Å². The van der Waals surface area contributed by atoms with Crippen LogP contribution in [0.4, 0.5) is 5.69 Å². The van der Waals surface area contributed by atoms with Crippen molar-refractivity contribution in [2.24, 2.45) is 5.92 Å². The summed E-state index contributed by atoms with van der Waals surface area (Å²) >= 11 is 1.58. The summed E-state index contributed by atoms with van der Waals surface area (Å²) in [5.41, 5.74) is 1.81. The van der Waals surface area contributed by atoms with E-state index >= 15 is 0 Å². The van der Waals surface area contributed by atoms with Gasteiger partial charge in [-0.3, -0.25) is 9.59 Å². The molecule has 3 aromatic rings. The van der Waals surface area contributed by atoms with Crippen molar-refractivity contribution in [1.29, 1.82) is 0 Å². The highest BCUT2D eigenvalue weighted by Gasteiger charge is 2.28. The van der Waals surface area contributed by atoms with E-state index in [-0.39, 0.29) is 17.7 Å². The van der Waals surface area contributed by atoms with Crippen molar-refractivity contribution in [3.05, 3.63) is 60.0 Å². The lowest BCUT2D eigenvalue weighted by Gasteiger charge is -2.30. The van der Waals surface area contributed by atoms with Crippen molar-refractivity contribution in [2.75, 3.05) is 18.4 Å². The smallest absolute Gasteiger partial charge is 0.289 e. The number of hydrogen-bond donors (Lipinski definition) is 1. The van der Waals surface area contributed by atoms with Crippen molar-refractivity contribution in [2.45, 2.75) is 12.8 Å². The quantitative estimate of drug-likeness (QED) is 0.744. The number of aromatic nitrogens is 1. The zero-order chi connectivity index (χ0) is 18.6. The second kappa shape index (κ2) is 7.75. The molecule has 1 saturated heterocycles. The predicted octanol–water partition coefficient (Wildman–Crippen LogP) is 3.89. The molecule has 138 valence electrons. The lowest BCUT2D eigenvalue weighted by molar-refractivity contribution is -0.121. The molecule has 0 saturated carbocycles. The lowest BCUT2D eigenvalue weighted by Crippen LogP contribution is -2.41. The zero-order valence-corrected chi connectivity index (χ0v) is 15.4. The van der Waals surface area contributed by atoms with Gasteiger partial charge >= 0.3 is 0 Å². The van der Waals surface area contributed by atoms with Gasteiger partial charge in [0.05, 0.1) is 6.26 Å². The van der Waals surface area contributed by atoms with Crippen LogP contribution in [0, 0.1) is 5.92 Å². The second-order valence-corrected chi connectivity index (χ2v) is 7.34. The number of nitrogens with zero attached hydrogens (tertiary/aromatic N) is 2. The largest absolute Gasteiger partial charge is 0.459 e. The van der Waals surface area contributed by atoms with E-state index in [0.717, 1.165) is 16.3 Å². The Morgan fingerprint density at radius 3 is 2.56 bits per heavy atom. The predicted molar refractivity (Wildman–Crippen MR) is 104 cm³/mol. The van der Waals surface area contributed by atoms with Gasteiger partial charge in [-0.05, 0) is 49.2 Å². The van der Waals surface area contributed by atoms with Crippen LogP contribution in [0.2, 0.25) is 0 Å². The minimum absolute atomic E-state index is 0.00194. The maximum Gasteiger partial charge on any atom is 0.289 e. The molecule has 1 aliphatic rings. The molecule has 1 N–H and O–H groups in total. The number of furan rings is 1. The SMILES string of the molecule is O=C(Nc1ccc(-c2nccs2)cc1)C1CCN(C(=O)c2ccco2)CC1. The van der Waals surface area contributed by atoms with Crippen LogP contribution in [-0.2, 0) is 4.79 Å². The van der Waals surface area contributed by atoms with Gasteiger partial charge in [-0.15, -0.1) is 11.3 Å². The fourth-order valence-corrected chi connectivity index (χ4v) is 3.85. The minimum Gasteiger partial charge on any atom is -0.459 e. The lowest BCUT2D eigenvalue weighted by atomic mass is 9.95. The number of nitrogens with one attached hydrogen (secondary N) is 1. The van der Waals surface area contributed by atoms with E-state index in [9.17, 15) is 9.59 Å². The summed E-state index contributed by atoms with van der Waals surface area (Å²) in [6.07, 6.45) is 4.57. The number of likely N-dealkylation sites (tertiary alicyclic amines) is 1. The maximum absolute atomic E-state index is 12.5. The molecular weight excluding hydrogens is 362 g/mol. The summed E-state index contributed by atoms with van der Waals surface area (Å²) in [6, 6.07) is 11.1. The van der Waals surface area contributed by atoms with Crippen molar-refractivity contribution >= 4 is 28.8 Å². The molecule has 1 aliphatic heterocycles. The van der Waals surface area contributed by atoms with Gasteiger partial charge < -0.3 is 14.6 Å². The molecule has 1 aromatic carbocycles. The third-order valence-electron chi connectivity index (χ3n) is 4.72. The number of benzene rings is 1. The van der Waals surface area contributed by atoms with Crippen LogP contribution >= 0.6 is 11.3 Å². The first-order chi connectivity index (χ1) is 13.2. The number of anilines is 1. The van der Waals surface area contributed by atoms with Gasteiger partial charge in [0.1, 0.15) is 5.01 Å². The first-order valence-electron chi connectivity index (χ1n) is 8.84. The summed E-state index contributed by atoms with van der Waals surface area (Å²) in [7, 11) is 0. The number of thiazole rings is 1. The number of carbonyl (C=O) groups excluding carboxylic acids is 2. The van der Waals surface area contributed by atoms with E-state index in [1.54, 1.807) is 34.6 Å². The first kappa shape index (κ1) is 17.5. The number of rotatable bonds is 4. The normalized spacial score (nSPS) is 14.9. The van der Waals surface area contributed by atoms with Crippen LogP contribution in [0.3, 0.4) is 0 Å². The van der Waals surface area contributed by atoms with Crippen LogP contribution in [0.5, 0.6) is 0 Å². The van der Waals surface area contributed by atoms with E-state index in [1.165, 1.54) is 6.26 Å². The molecular formula is C20H19N3O3S. The number of carbonyl (C=O) groups is 2. The van der Waals surface area contributed by atoms with E-state index in [1.807, 2.05) is 29.6 Å². The van der Waals surface area contributed by atoms with Gasteiger partial charge in [0.2, 0.25) is 5.91 Å².